The molecule has 1 fully saturated rings. The molecule has 0 spiro atoms. The number of hydrogen-bond donors (Lipinski definition) is 2. The normalized spacial score (nSPS) is 17.2. The van der Waals surface area contributed by atoms with Gasteiger partial charge in [-0.1, -0.05) is 6.07 Å². The van der Waals surface area contributed by atoms with Crippen LogP contribution in [0.1, 0.15) is 0 Å². The zero-order chi connectivity index (χ0) is 11.2. The molecular weight excluding hydrogens is 204 g/mol. The average molecular weight is 222 g/mol. The van der Waals surface area contributed by atoms with Gasteiger partial charge in [-0.25, -0.2) is 0 Å². The van der Waals surface area contributed by atoms with Gasteiger partial charge in [-0.3, -0.25) is 4.90 Å². The van der Waals surface area contributed by atoms with Crippen molar-refractivity contribution in [3.8, 4) is 5.75 Å². The molecule has 4 nitrogen and oxygen atoms in total. The number of nitrogens with zero attached hydrogens (tertiary/aromatic N) is 1. The van der Waals surface area contributed by atoms with Crippen LogP contribution in [0, 0.1) is 0 Å². The summed E-state index contributed by atoms with van der Waals surface area (Å²) in [4.78, 5) is 2.37. The number of ether oxygens (including phenoxy) is 1. The van der Waals surface area contributed by atoms with Gasteiger partial charge in [0.15, 0.2) is 0 Å². The fourth-order valence-corrected chi connectivity index (χ4v) is 1.80. The Kier molecular flexibility index (Phi) is 4.02. The molecule has 0 bridgehead atoms. The molecule has 0 unspecified atom stereocenters. The number of morpholine rings is 1. The molecule has 16 heavy (non-hydrogen) atoms. The third-order valence-electron chi connectivity index (χ3n) is 2.71. The summed E-state index contributed by atoms with van der Waals surface area (Å²) in [5.74, 6) is 0.302. The Bertz CT molecular complexity index is 325. The molecule has 0 aromatic heterocycles. The molecule has 1 saturated heterocycles. The Labute approximate surface area is 95.8 Å². The van der Waals surface area contributed by atoms with E-state index >= 15 is 0 Å². The zero-order valence-corrected chi connectivity index (χ0v) is 9.35. The lowest BCUT2D eigenvalue weighted by molar-refractivity contribution is 0.0398. The van der Waals surface area contributed by atoms with Crippen LogP contribution >= 0.6 is 0 Å². The predicted molar refractivity (Wildman–Crippen MR) is 63.9 cm³/mol. The second kappa shape index (κ2) is 5.72. The van der Waals surface area contributed by atoms with E-state index in [1.807, 2.05) is 12.1 Å². The lowest BCUT2D eigenvalue weighted by Gasteiger charge is -2.26. The van der Waals surface area contributed by atoms with Gasteiger partial charge in [-0.2, -0.15) is 0 Å². The SMILES string of the molecule is Oc1cccc(NCCN2CCOCC2)c1. The van der Waals surface area contributed by atoms with Crippen LogP contribution in [-0.4, -0.2) is 49.4 Å². The van der Waals surface area contributed by atoms with Crippen molar-refractivity contribution in [3.63, 3.8) is 0 Å². The molecule has 0 aliphatic carbocycles. The van der Waals surface area contributed by atoms with Gasteiger partial charge in [0.25, 0.3) is 0 Å². The van der Waals surface area contributed by atoms with Crippen molar-refractivity contribution < 1.29 is 9.84 Å². The van der Waals surface area contributed by atoms with Crippen molar-refractivity contribution in [3.05, 3.63) is 24.3 Å². The monoisotopic (exact) mass is 222 g/mol. The van der Waals surface area contributed by atoms with Crippen molar-refractivity contribution in [2.75, 3.05) is 44.7 Å². The molecule has 1 aromatic carbocycles. The van der Waals surface area contributed by atoms with E-state index in [0.29, 0.717) is 5.75 Å². The quantitative estimate of drug-likeness (QED) is 0.801. The summed E-state index contributed by atoms with van der Waals surface area (Å²) in [5, 5.41) is 12.6. The van der Waals surface area contributed by atoms with Crippen LogP contribution in [0.3, 0.4) is 0 Å². The van der Waals surface area contributed by atoms with E-state index in [-0.39, 0.29) is 0 Å². The van der Waals surface area contributed by atoms with Crippen molar-refractivity contribution in [2.45, 2.75) is 0 Å². The molecule has 1 aliphatic heterocycles. The Morgan fingerprint density at radius 2 is 2.12 bits per heavy atom. The third kappa shape index (κ3) is 3.40. The van der Waals surface area contributed by atoms with Gasteiger partial charge in [-0.15, -0.1) is 0 Å². The summed E-state index contributed by atoms with van der Waals surface area (Å²) in [6, 6.07) is 7.21. The van der Waals surface area contributed by atoms with Crippen LogP contribution in [0.5, 0.6) is 5.75 Å². The molecule has 88 valence electrons. The fraction of sp³-hybridized carbons (Fsp3) is 0.500. The summed E-state index contributed by atoms with van der Waals surface area (Å²) in [5.41, 5.74) is 0.966. The van der Waals surface area contributed by atoms with E-state index in [1.165, 1.54) is 0 Å². The first kappa shape index (κ1) is 11.2. The standard InChI is InChI=1S/C12H18N2O2/c15-12-3-1-2-11(10-12)13-4-5-14-6-8-16-9-7-14/h1-3,10,13,15H,4-9H2. The van der Waals surface area contributed by atoms with Crippen LogP contribution in [0.25, 0.3) is 0 Å². The van der Waals surface area contributed by atoms with E-state index in [2.05, 4.69) is 10.2 Å². The van der Waals surface area contributed by atoms with Crippen molar-refractivity contribution in [1.82, 2.24) is 4.90 Å². The topological polar surface area (TPSA) is 44.7 Å². The number of anilines is 1. The minimum Gasteiger partial charge on any atom is -0.508 e. The van der Waals surface area contributed by atoms with Crippen molar-refractivity contribution >= 4 is 5.69 Å². The number of benzene rings is 1. The number of phenols is 1. The highest BCUT2D eigenvalue weighted by Gasteiger charge is 2.08. The molecule has 1 heterocycles. The molecule has 1 aliphatic rings. The van der Waals surface area contributed by atoms with Gasteiger partial charge in [0, 0.05) is 37.9 Å². The lowest BCUT2D eigenvalue weighted by atomic mass is 10.3. The molecule has 0 atom stereocenters. The second-order valence-corrected chi connectivity index (χ2v) is 3.93. The van der Waals surface area contributed by atoms with Gasteiger partial charge in [0.05, 0.1) is 13.2 Å². The first-order valence-electron chi connectivity index (χ1n) is 5.67. The van der Waals surface area contributed by atoms with Crippen molar-refractivity contribution in [1.29, 1.82) is 0 Å². The lowest BCUT2D eigenvalue weighted by Crippen LogP contribution is -2.38. The Balaban J connectivity index is 1.71. The highest BCUT2D eigenvalue weighted by molar-refractivity contribution is 5.47. The second-order valence-electron chi connectivity index (χ2n) is 3.93. The Morgan fingerprint density at radius 3 is 2.88 bits per heavy atom. The van der Waals surface area contributed by atoms with E-state index < -0.39 is 0 Å². The molecule has 2 rings (SSSR count). The van der Waals surface area contributed by atoms with Gasteiger partial charge in [-0.05, 0) is 12.1 Å². The minimum atomic E-state index is 0.302. The van der Waals surface area contributed by atoms with E-state index in [1.54, 1.807) is 12.1 Å². The van der Waals surface area contributed by atoms with Gasteiger partial charge in [0.1, 0.15) is 5.75 Å². The maximum atomic E-state index is 9.29. The molecule has 0 saturated carbocycles. The van der Waals surface area contributed by atoms with Gasteiger partial charge < -0.3 is 15.2 Å². The maximum absolute atomic E-state index is 9.29. The van der Waals surface area contributed by atoms with Crippen LogP contribution in [0.15, 0.2) is 24.3 Å². The zero-order valence-electron chi connectivity index (χ0n) is 9.35. The summed E-state index contributed by atoms with van der Waals surface area (Å²) in [6.45, 7) is 5.62. The first-order chi connectivity index (χ1) is 7.84. The summed E-state index contributed by atoms with van der Waals surface area (Å²) in [6.07, 6.45) is 0. The number of phenolic OH excluding ortho intramolecular Hbond substituents is 1. The van der Waals surface area contributed by atoms with Gasteiger partial charge in [0.2, 0.25) is 0 Å². The van der Waals surface area contributed by atoms with E-state index in [4.69, 9.17) is 4.74 Å². The fourth-order valence-electron chi connectivity index (χ4n) is 1.80. The Hall–Kier alpha value is -1.26. The highest BCUT2D eigenvalue weighted by atomic mass is 16.5. The van der Waals surface area contributed by atoms with E-state index in [0.717, 1.165) is 45.1 Å². The van der Waals surface area contributed by atoms with E-state index in [9.17, 15) is 5.11 Å². The molecule has 4 heteroatoms. The highest BCUT2D eigenvalue weighted by Crippen LogP contribution is 2.14. The molecular formula is C12H18N2O2. The van der Waals surface area contributed by atoms with Gasteiger partial charge >= 0.3 is 0 Å². The minimum absolute atomic E-state index is 0.302. The Morgan fingerprint density at radius 1 is 1.31 bits per heavy atom. The van der Waals surface area contributed by atoms with Crippen LogP contribution in [0.4, 0.5) is 5.69 Å². The molecule has 0 amide bonds. The summed E-state index contributed by atoms with van der Waals surface area (Å²) < 4.78 is 5.28. The first-order valence-corrected chi connectivity index (χ1v) is 5.67. The smallest absolute Gasteiger partial charge is 0.117 e. The van der Waals surface area contributed by atoms with Crippen LogP contribution in [0.2, 0.25) is 0 Å². The number of rotatable bonds is 4. The van der Waals surface area contributed by atoms with Crippen molar-refractivity contribution in [2.24, 2.45) is 0 Å². The summed E-state index contributed by atoms with van der Waals surface area (Å²) in [7, 11) is 0. The molecule has 1 aromatic rings. The predicted octanol–water partition coefficient (Wildman–Crippen LogP) is 1.14. The van der Waals surface area contributed by atoms with Crippen LogP contribution < -0.4 is 5.32 Å². The maximum Gasteiger partial charge on any atom is 0.117 e. The average Bonchev–Trinajstić information content (AvgIpc) is 2.30. The van der Waals surface area contributed by atoms with Crippen LogP contribution in [-0.2, 0) is 4.74 Å². The number of hydrogen-bond acceptors (Lipinski definition) is 4. The number of aromatic hydroxyl groups is 1. The largest absolute Gasteiger partial charge is 0.508 e. The third-order valence-corrected chi connectivity index (χ3v) is 2.71. The number of nitrogens with one attached hydrogen (secondary N) is 1. The molecule has 2 N–H and O–H groups in total. The molecule has 0 radical (unpaired) electrons. The summed E-state index contributed by atoms with van der Waals surface area (Å²) >= 11 is 0.